The van der Waals surface area contributed by atoms with Gasteiger partial charge in [0.15, 0.2) is 0 Å². The summed E-state index contributed by atoms with van der Waals surface area (Å²) in [6, 6.07) is 10.8. The Labute approximate surface area is 177 Å². The highest BCUT2D eigenvalue weighted by atomic mass is 32.2. The van der Waals surface area contributed by atoms with E-state index in [0.717, 1.165) is 53.9 Å². The summed E-state index contributed by atoms with van der Waals surface area (Å²) >= 11 is 0. The van der Waals surface area contributed by atoms with Gasteiger partial charge in [-0.2, -0.15) is 0 Å². The van der Waals surface area contributed by atoms with Crippen LogP contribution >= 0.6 is 0 Å². The molecule has 158 valence electrons. The molecule has 1 aromatic heterocycles. The number of hydrogen-bond donors (Lipinski definition) is 0. The Bertz CT molecular complexity index is 1240. The van der Waals surface area contributed by atoms with Gasteiger partial charge in [-0.15, -0.1) is 0 Å². The van der Waals surface area contributed by atoms with Crippen molar-refractivity contribution in [3.05, 3.63) is 53.7 Å². The molecule has 0 saturated heterocycles. The molecule has 0 aliphatic carbocycles. The molecule has 0 unspecified atom stereocenters. The molecule has 0 amide bonds. The third-order valence-electron chi connectivity index (χ3n) is 6.04. The minimum Gasteiger partial charge on any atom is -0.492 e. The summed E-state index contributed by atoms with van der Waals surface area (Å²) in [6.45, 7) is 6.29. The Kier molecular flexibility index (Phi) is 4.38. The molecule has 0 bridgehead atoms. The fourth-order valence-corrected chi connectivity index (χ4v) is 5.71. The summed E-state index contributed by atoms with van der Waals surface area (Å²) in [5.41, 5.74) is 2.41. The molecular weight excluding hydrogens is 400 g/mol. The van der Waals surface area contributed by atoms with Crippen LogP contribution in [0.5, 0.6) is 11.5 Å². The van der Waals surface area contributed by atoms with Crippen molar-refractivity contribution in [2.75, 3.05) is 20.2 Å². The van der Waals surface area contributed by atoms with E-state index in [1.54, 1.807) is 24.4 Å². The van der Waals surface area contributed by atoms with Crippen molar-refractivity contribution in [3.8, 4) is 11.5 Å². The lowest BCUT2D eigenvalue weighted by Crippen LogP contribution is -2.32. The molecule has 2 aliphatic rings. The van der Waals surface area contributed by atoms with Crippen molar-refractivity contribution >= 4 is 20.9 Å². The summed E-state index contributed by atoms with van der Waals surface area (Å²) in [5.74, 6) is 1.60. The zero-order valence-electron chi connectivity index (χ0n) is 17.5. The van der Waals surface area contributed by atoms with E-state index in [9.17, 15) is 8.42 Å². The normalized spacial score (nSPS) is 18.8. The van der Waals surface area contributed by atoms with Crippen LogP contribution in [0.4, 0.5) is 0 Å². The SMILES string of the molecule is CN1CCOc2ccc3c(ccn3S(=O)(=O)c3ccc4c(c3)CCC(C)(C)O4)c2C1. The molecule has 3 heterocycles. The number of aryl methyl sites for hydroxylation is 1. The summed E-state index contributed by atoms with van der Waals surface area (Å²) in [4.78, 5) is 2.47. The van der Waals surface area contributed by atoms with Crippen LogP contribution in [0.3, 0.4) is 0 Å². The quantitative estimate of drug-likeness (QED) is 0.624. The van der Waals surface area contributed by atoms with Gasteiger partial charge < -0.3 is 9.47 Å². The Balaban J connectivity index is 1.59. The molecule has 0 spiro atoms. The smallest absolute Gasteiger partial charge is 0.268 e. The second-order valence-electron chi connectivity index (χ2n) is 8.81. The number of rotatable bonds is 2. The third kappa shape index (κ3) is 3.17. The second-order valence-corrected chi connectivity index (χ2v) is 10.6. The molecule has 0 atom stereocenters. The van der Waals surface area contributed by atoms with Crippen molar-refractivity contribution in [3.63, 3.8) is 0 Å². The number of aromatic nitrogens is 1. The maximum Gasteiger partial charge on any atom is 0.268 e. The van der Waals surface area contributed by atoms with Crippen LogP contribution in [0.1, 0.15) is 31.4 Å². The highest BCUT2D eigenvalue weighted by Gasteiger charge is 2.29. The van der Waals surface area contributed by atoms with E-state index in [1.165, 1.54) is 3.97 Å². The van der Waals surface area contributed by atoms with Crippen LogP contribution in [0.25, 0.3) is 10.9 Å². The van der Waals surface area contributed by atoms with Crippen LogP contribution in [0.2, 0.25) is 0 Å². The van der Waals surface area contributed by atoms with Crippen molar-refractivity contribution in [2.45, 2.75) is 43.7 Å². The number of nitrogens with zero attached hydrogens (tertiary/aromatic N) is 2. The summed E-state index contributed by atoms with van der Waals surface area (Å²) in [6.07, 6.45) is 3.30. The molecule has 30 heavy (non-hydrogen) atoms. The molecule has 3 aromatic rings. The number of benzene rings is 2. The standard InChI is InChI=1S/C23H26N2O4S/c1-23(2)10-8-16-14-17(4-6-21(16)29-23)30(26,27)25-11-9-18-19-15-24(3)12-13-28-22(19)7-5-20(18)25/h4-7,9,11,14H,8,10,12-13,15H2,1-3H3. The predicted octanol–water partition coefficient (Wildman–Crippen LogP) is 3.81. The second kappa shape index (κ2) is 6.75. The molecule has 2 aromatic carbocycles. The van der Waals surface area contributed by atoms with Crippen LogP contribution in [0.15, 0.2) is 47.5 Å². The fourth-order valence-electron chi connectivity index (χ4n) is 4.31. The minimum absolute atomic E-state index is 0.225. The molecule has 0 N–H and O–H groups in total. The number of likely N-dealkylation sites (N-methyl/N-ethyl adjacent to an activating group) is 1. The topological polar surface area (TPSA) is 60.8 Å². The van der Waals surface area contributed by atoms with Gasteiger partial charge in [0.05, 0.1) is 10.4 Å². The Hall–Kier alpha value is -2.51. The Morgan fingerprint density at radius 2 is 1.87 bits per heavy atom. The molecule has 2 aliphatic heterocycles. The molecule has 7 heteroatoms. The van der Waals surface area contributed by atoms with E-state index in [0.29, 0.717) is 12.1 Å². The maximum absolute atomic E-state index is 13.5. The first-order valence-electron chi connectivity index (χ1n) is 10.3. The molecule has 5 rings (SSSR count). The average molecular weight is 427 g/mol. The summed E-state index contributed by atoms with van der Waals surface area (Å²) < 4.78 is 40.3. The van der Waals surface area contributed by atoms with E-state index in [4.69, 9.17) is 9.47 Å². The zero-order valence-corrected chi connectivity index (χ0v) is 18.3. The van der Waals surface area contributed by atoms with Crippen molar-refractivity contribution in [2.24, 2.45) is 0 Å². The lowest BCUT2D eigenvalue weighted by molar-refractivity contribution is 0.0845. The highest BCUT2D eigenvalue weighted by molar-refractivity contribution is 7.90. The first kappa shape index (κ1) is 19.5. The van der Waals surface area contributed by atoms with Crippen molar-refractivity contribution in [1.82, 2.24) is 8.87 Å². The van der Waals surface area contributed by atoms with Gasteiger partial charge in [0, 0.05) is 30.2 Å². The van der Waals surface area contributed by atoms with E-state index < -0.39 is 10.0 Å². The first-order valence-corrected chi connectivity index (χ1v) is 11.7. The van der Waals surface area contributed by atoms with E-state index in [2.05, 4.69) is 18.7 Å². The van der Waals surface area contributed by atoms with Crippen LogP contribution in [-0.4, -0.2) is 43.1 Å². The highest BCUT2D eigenvalue weighted by Crippen LogP contribution is 2.36. The Morgan fingerprint density at radius 1 is 1.07 bits per heavy atom. The van der Waals surface area contributed by atoms with Gasteiger partial charge in [0.25, 0.3) is 10.0 Å². The molecule has 6 nitrogen and oxygen atoms in total. The first-order chi connectivity index (χ1) is 14.2. The largest absolute Gasteiger partial charge is 0.492 e. The molecule has 0 radical (unpaired) electrons. The fraction of sp³-hybridized carbons (Fsp3) is 0.391. The monoisotopic (exact) mass is 426 g/mol. The molecule has 0 saturated carbocycles. The number of ether oxygens (including phenoxy) is 2. The third-order valence-corrected chi connectivity index (χ3v) is 7.72. The number of hydrogen-bond acceptors (Lipinski definition) is 5. The van der Waals surface area contributed by atoms with Crippen LogP contribution < -0.4 is 9.47 Å². The van der Waals surface area contributed by atoms with Crippen molar-refractivity contribution < 1.29 is 17.9 Å². The zero-order chi connectivity index (χ0) is 21.1. The van der Waals surface area contributed by atoms with Crippen molar-refractivity contribution in [1.29, 1.82) is 0 Å². The predicted molar refractivity (Wildman–Crippen MR) is 116 cm³/mol. The maximum atomic E-state index is 13.5. The van der Waals surface area contributed by atoms with E-state index in [-0.39, 0.29) is 10.5 Å². The van der Waals surface area contributed by atoms with Gasteiger partial charge in [-0.1, -0.05) is 0 Å². The summed E-state index contributed by atoms with van der Waals surface area (Å²) in [7, 11) is -1.68. The minimum atomic E-state index is -3.73. The van der Waals surface area contributed by atoms with Crippen LogP contribution in [-0.2, 0) is 23.0 Å². The Morgan fingerprint density at radius 3 is 2.70 bits per heavy atom. The van der Waals surface area contributed by atoms with Gasteiger partial charge in [0.2, 0.25) is 0 Å². The molecule has 0 fully saturated rings. The lowest BCUT2D eigenvalue weighted by atomic mass is 9.94. The van der Waals surface area contributed by atoms with E-state index >= 15 is 0 Å². The van der Waals surface area contributed by atoms with Crippen LogP contribution in [0, 0.1) is 0 Å². The van der Waals surface area contributed by atoms with Gasteiger partial charge >= 0.3 is 0 Å². The number of fused-ring (bicyclic) bond motifs is 4. The summed E-state index contributed by atoms with van der Waals surface area (Å²) in [5, 5.41) is 0.910. The average Bonchev–Trinajstić information content (AvgIpc) is 3.04. The van der Waals surface area contributed by atoms with Gasteiger partial charge in [0.1, 0.15) is 23.7 Å². The van der Waals surface area contributed by atoms with Gasteiger partial charge in [-0.05, 0) is 75.7 Å². The van der Waals surface area contributed by atoms with E-state index in [1.807, 2.05) is 25.2 Å². The lowest BCUT2D eigenvalue weighted by Gasteiger charge is -2.32. The molecular formula is C23H26N2O4S. The van der Waals surface area contributed by atoms with Gasteiger partial charge in [-0.3, -0.25) is 4.90 Å². The van der Waals surface area contributed by atoms with Gasteiger partial charge in [-0.25, -0.2) is 12.4 Å².